The molecule has 0 aliphatic rings. The van der Waals surface area contributed by atoms with E-state index in [1.807, 2.05) is 50.2 Å². The van der Waals surface area contributed by atoms with E-state index >= 15 is 0 Å². The number of amides is 2. The van der Waals surface area contributed by atoms with Crippen LogP contribution >= 0.6 is 23.2 Å². The van der Waals surface area contributed by atoms with Gasteiger partial charge in [-0.3, -0.25) is 9.59 Å². The number of hydrogen-bond donors (Lipinski definition) is 2. The lowest BCUT2D eigenvalue weighted by atomic mass is 10.1. The summed E-state index contributed by atoms with van der Waals surface area (Å²) >= 11 is 12.3. The number of benzene rings is 3. The molecule has 2 amide bonds. The first kappa shape index (κ1) is 24.3. The first-order valence-corrected chi connectivity index (χ1v) is 10.9. The van der Waals surface area contributed by atoms with Gasteiger partial charge >= 0.3 is 0 Å². The number of nitrogens with one attached hydrogen (secondary N) is 2. The van der Waals surface area contributed by atoms with Crippen LogP contribution in [-0.2, 0) is 16.2 Å². The Hall–Kier alpha value is -3.35. The largest absolute Gasteiger partial charge is 0.488 e. The monoisotopic (exact) mass is 483 g/mol. The first-order chi connectivity index (χ1) is 15.8. The molecule has 0 aliphatic carbocycles. The predicted molar refractivity (Wildman–Crippen MR) is 132 cm³/mol. The van der Waals surface area contributed by atoms with Crippen LogP contribution in [0.2, 0.25) is 10.0 Å². The molecule has 0 saturated heterocycles. The van der Waals surface area contributed by atoms with E-state index in [1.54, 1.807) is 24.3 Å². The van der Waals surface area contributed by atoms with Crippen LogP contribution in [0.4, 0.5) is 5.69 Å². The molecule has 0 spiro atoms. The van der Waals surface area contributed by atoms with E-state index in [1.165, 1.54) is 6.21 Å². The van der Waals surface area contributed by atoms with Crippen LogP contribution in [0.5, 0.6) is 5.75 Å². The zero-order valence-corrected chi connectivity index (χ0v) is 19.7. The van der Waals surface area contributed by atoms with Crippen LogP contribution in [0, 0.1) is 13.8 Å². The van der Waals surface area contributed by atoms with Gasteiger partial charge < -0.3 is 10.1 Å². The summed E-state index contributed by atoms with van der Waals surface area (Å²) in [4.78, 5) is 24.3. The molecule has 0 radical (unpaired) electrons. The number of nitrogens with zero attached hydrogens (tertiary/aromatic N) is 1. The standard InChI is InChI=1S/C25H23Cl2N3O3/c1-16-7-9-22(17(2)11-16)29-24(31)13-25(32)30-28-14-19-12-20(26)8-10-23(19)33-15-18-5-3-4-6-21(18)27/h3-12,14H,13,15H2,1-2H3,(H,29,31)(H,30,32). The molecule has 6 nitrogen and oxygen atoms in total. The van der Waals surface area contributed by atoms with Crippen molar-refractivity contribution < 1.29 is 14.3 Å². The van der Waals surface area contributed by atoms with Gasteiger partial charge in [0.1, 0.15) is 18.8 Å². The van der Waals surface area contributed by atoms with Gasteiger partial charge in [-0.25, -0.2) is 5.43 Å². The summed E-state index contributed by atoms with van der Waals surface area (Å²) in [5.41, 5.74) is 6.43. The van der Waals surface area contributed by atoms with Gasteiger partial charge in [0, 0.05) is 26.9 Å². The highest BCUT2D eigenvalue weighted by Crippen LogP contribution is 2.24. The van der Waals surface area contributed by atoms with E-state index in [0.29, 0.717) is 27.0 Å². The zero-order chi connectivity index (χ0) is 23.8. The lowest BCUT2D eigenvalue weighted by molar-refractivity contribution is -0.126. The van der Waals surface area contributed by atoms with E-state index in [4.69, 9.17) is 27.9 Å². The Morgan fingerprint density at radius 1 is 1.00 bits per heavy atom. The van der Waals surface area contributed by atoms with Gasteiger partial charge in [-0.15, -0.1) is 0 Å². The third-order valence-electron chi connectivity index (χ3n) is 4.68. The van der Waals surface area contributed by atoms with Crippen molar-refractivity contribution in [1.29, 1.82) is 0 Å². The molecule has 3 aromatic carbocycles. The molecular weight excluding hydrogens is 461 g/mol. The molecule has 0 fully saturated rings. The summed E-state index contributed by atoms with van der Waals surface area (Å²) in [6.07, 6.45) is 1.05. The van der Waals surface area contributed by atoms with Crippen molar-refractivity contribution in [2.24, 2.45) is 5.10 Å². The van der Waals surface area contributed by atoms with Gasteiger partial charge in [-0.2, -0.15) is 5.10 Å². The zero-order valence-electron chi connectivity index (χ0n) is 18.2. The van der Waals surface area contributed by atoms with Gasteiger partial charge in [0.2, 0.25) is 11.8 Å². The summed E-state index contributed by atoms with van der Waals surface area (Å²) in [5, 5.41) is 7.76. The number of hydrazone groups is 1. The van der Waals surface area contributed by atoms with E-state index in [-0.39, 0.29) is 13.0 Å². The highest BCUT2D eigenvalue weighted by atomic mass is 35.5. The SMILES string of the molecule is Cc1ccc(NC(=O)CC(=O)NN=Cc2cc(Cl)ccc2OCc2ccccc2Cl)c(C)c1. The maximum atomic E-state index is 12.2. The summed E-state index contributed by atoms with van der Waals surface area (Å²) < 4.78 is 5.86. The van der Waals surface area contributed by atoms with Crippen LogP contribution in [0.1, 0.15) is 28.7 Å². The molecule has 0 atom stereocenters. The normalized spacial score (nSPS) is 10.8. The molecule has 0 aromatic heterocycles. The molecular formula is C25H23Cl2N3O3. The Labute approximate surface area is 202 Å². The quantitative estimate of drug-likeness (QED) is 0.246. The summed E-state index contributed by atoms with van der Waals surface area (Å²) in [6.45, 7) is 4.12. The van der Waals surface area contributed by atoms with Crippen molar-refractivity contribution in [3.8, 4) is 5.75 Å². The second-order valence-corrected chi connectivity index (χ2v) is 8.24. The molecule has 3 aromatic rings. The molecule has 3 rings (SSSR count). The van der Waals surface area contributed by atoms with Crippen molar-refractivity contribution >= 4 is 46.9 Å². The van der Waals surface area contributed by atoms with Crippen LogP contribution in [0.15, 0.2) is 65.8 Å². The van der Waals surface area contributed by atoms with Crippen molar-refractivity contribution in [3.63, 3.8) is 0 Å². The van der Waals surface area contributed by atoms with Gasteiger partial charge in [0.05, 0.1) is 6.21 Å². The fourth-order valence-corrected chi connectivity index (χ4v) is 3.40. The number of carbonyl (C=O) groups excluding carboxylic acids is 2. The Morgan fingerprint density at radius 3 is 2.55 bits per heavy atom. The minimum absolute atomic E-state index is 0.257. The maximum Gasteiger partial charge on any atom is 0.249 e. The molecule has 0 heterocycles. The van der Waals surface area contributed by atoms with Crippen molar-refractivity contribution in [2.75, 3.05) is 5.32 Å². The summed E-state index contributed by atoms with van der Waals surface area (Å²) in [5.74, 6) is -0.458. The molecule has 0 saturated carbocycles. The molecule has 8 heteroatoms. The first-order valence-electron chi connectivity index (χ1n) is 10.2. The van der Waals surface area contributed by atoms with Crippen molar-refractivity contribution in [2.45, 2.75) is 26.9 Å². The minimum atomic E-state index is -0.547. The molecule has 170 valence electrons. The fourth-order valence-electron chi connectivity index (χ4n) is 3.03. The smallest absolute Gasteiger partial charge is 0.249 e. The Kier molecular flexibility index (Phi) is 8.46. The third kappa shape index (κ3) is 7.34. The number of anilines is 1. The predicted octanol–water partition coefficient (Wildman–Crippen LogP) is 5.67. The lowest BCUT2D eigenvalue weighted by Crippen LogP contribution is -2.24. The van der Waals surface area contributed by atoms with Crippen LogP contribution in [0.25, 0.3) is 0 Å². The Bertz CT molecular complexity index is 1200. The minimum Gasteiger partial charge on any atom is -0.488 e. The number of carbonyl (C=O) groups is 2. The van der Waals surface area contributed by atoms with Crippen LogP contribution < -0.4 is 15.5 Å². The van der Waals surface area contributed by atoms with E-state index < -0.39 is 11.8 Å². The number of rotatable bonds is 8. The topological polar surface area (TPSA) is 79.8 Å². The highest BCUT2D eigenvalue weighted by Gasteiger charge is 2.11. The summed E-state index contributed by atoms with van der Waals surface area (Å²) in [6, 6.07) is 18.1. The highest BCUT2D eigenvalue weighted by molar-refractivity contribution is 6.31. The van der Waals surface area contributed by atoms with E-state index in [2.05, 4.69) is 15.8 Å². The molecule has 0 bridgehead atoms. The second-order valence-electron chi connectivity index (χ2n) is 7.40. The Morgan fingerprint density at radius 2 is 1.79 bits per heavy atom. The number of ether oxygens (including phenoxy) is 1. The number of hydrogen-bond acceptors (Lipinski definition) is 4. The van der Waals surface area contributed by atoms with Gasteiger partial charge in [0.15, 0.2) is 0 Å². The third-order valence-corrected chi connectivity index (χ3v) is 5.29. The fraction of sp³-hybridized carbons (Fsp3) is 0.160. The van der Waals surface area contributed by atoms with Gasteiger partial charge in [-0.05, 0) is 49.7 Å². The molecule has 0 unspecified atom stereocenters. The molecule has 0 aliphatic heterocycles. The molecule has 33 heavy (non-hydrogen) atoms. The lowest BCUT2D eigenvalue weighted by Gasteiger charge is -2.10. The molecule has 2 N–H and O–H groups in total. The van der Waals surface area contributed by atoms with E-state index in [0.717, 1.165) is 16.7 Å². The number of halogens is 2. The van der Waals surface area contributed by atoms with Crippen molar-refractivity contribution in [3.05, 3.63) is 93.0 Å². The van der Waals surface area contributed by atoms with Crippen LogP contribution in [-0.4, -0.2) is 18.0 Å². The average Bonchev–Trinajstić information content (AvgIpc) is 2.76. The van der Waals surface area contributed by atoms with Crippen molar-refractivity contribution in [1.82, 2.24) is 5.43 Å². The second kappa shape index (κ2) is 11.5. The average molecular weight is 484 g/mol. The Balaban J connectivity index is 1.57. The summed E-state index contributed by atoms with van der Waals surface area (Å²) in [7, 11) is 0. The van der Waals surface area contributed by atoms with Gasteiger partial charge in [0.25, 0.3) is 0 Å². The van der Waals surface area contributed by atoms with E-state index in [9.17, 15) is 9.59 Å². The van der Waals surface area contributed by atoms with Gasteiger partial charge in [-0.1, -0.05) is 59.1 Å². The maximum absolute atomic E-state index is 12.2. The van der Waals surface area contributed by atoms with Crippen LogP contribution in [0.3, 0.4) is 0 Å². The number of aryl methyl sites for hydroxylation is 2.